The Kier molecular flexibility index (Phi) is 5.73. The van der Waals surface area contributed by atoms with Gasteiger partial charge in [-0.25, -0.2) is 14.2 Å². The molecule has 2 aliphatic rings. The summed E-state index contributed by atoms with van der Waals surface area (Å²) in [4.78, 5) is 43.5. The van der Waals surface area contributed by atoms with Crippen molar-refractivity contribution in [3.63, 3.8) is 0 Å². The second-order valence-corrected chi connectivity index (χ2v) is 9.08. The zero-order valence-corrected chi connectivity index (χ0v) is 19.1. The predicted octanol–water partition coefficient (Wildman–Crippen LogP) is 3.76. The Bertz CT molecular complexity index is 1310. The van der Waals surface area contributed by atoms with Gasteiger partial charge in [-0.3, -0.25) is 9.59 Å². The van der Waals surface area contributed by atoms with Gasteiger partial charge >= 0.3 is 6.09 Å². The zero-order chi connectivity index (χ0) is 24.0. The van der Waals surface area contributed by atoms with Crippen LogP contribution in [0.5, 0.6) is 0 Å². The lowest BCUT2D eigenvalue weighted by molar-refractivity contribution is -0.140. The maximum Gasteiger partial charge on any atom is 0.409 e. The molecule has 1 aromatic carbocycles. The van der Waals surface area contributed by atoms with Gasteiger partial charge < -0.3 is 19.5 Å². The van der Waals surface area contributed by atoms with E-state index in [2.05, 4.69) is 10.3 Å². The summed E-state index contributed by atoms with van der Waals surface area (Å²) < 4.78 is 21.3. The van der Waals surface area contributed by atoms with Crippen LogP contribution in [0.2, 0.25) is 5.02 Å². The Labute approximate surface area is 199 Å². The third-order valence-corrected chi connectivity index (χ3v) is 6.70. The summed E-state index contributed by atoms with van der Waals surface area (Å²) in [5.74, 6) is -0.560. The molecule has 0 unspecified atom stereocenters. The van der Waals surface area contributed by atoms with Gasteiger partial charge in [0.1, 0.15) is 18.0 Å². The molecule has 2 fully saturated rings. The van der Waals surface area contributed by atoms with E-state index in [1.807, 2.05) is 0 Å². The van der Waals surface area contributed by atoms with Crippen LogP contribution in [0.25, 0.3) is 11.0 Å². The molecule has 1 aliphatic carbocycles. The van der Waals surface area contributed by atoms with Gasteiger partial charge in [0.05, 0.1) is 5.02 Å². The van der Waals surface area contributed by atoms with Crippen LogP contribution < -0.4 is 5.32 Å². The minimum atomic E-state index is -0.735. The van der Waals surface area contributed by atoms with Gasteiger partial charge in [-0.15, -0.1) is 0 Å². The second kappa shape index (κ2) is 8.72. The lowest BCUT2D eigenvalue weighted by atomic mass is 10.2. The van der Waals surface area contributed by atoms with E-state index in [-0.39, 0.29) is 41.3 Å². The number of hydrogen-bond donors (Lipinski definition) is 1. The van der Waals surface area contributed by atoms with Gasteiger partial charge in [0.2, 0.25) is 5.91 Å². The number of piperidine rings is 1. The Balaban J connectivity index is 1.27. The topological polar surface area (TPSA) is 93.5 Å². The minimum Gasteiger partial charge on any atom is -0.425 e. The maximum absolute atomic E-state index is 14.1. The van der Waals surface area contributed by atoms with Crippen molar-refractivity contribution in [2.24, 2.45) is 11.8 Å². The summed E-state index contributed by atoms with van der Waals surface area (Å²) in [6.07, 6.45) is 2.70. The van der Waals surface area contributed by atoms with E-state index in [1.54, 1.807) is 40.1 Å². The van der Waals surface area contributed by atoms with Gasteiger partial charge in [0, 0.05) is 47.9 Å². The van der Waals surface area contributed by atoms with E-state index in [0.29, 0.717) is 29.1 Å². The minimum absolute atomic E-state index is 0.0268. The van der Waals surface area contributed by atoms with Crippen LogP contribution in [-0.4, -0.2) is 45.0 Å². The van der Waals surface area contributed by atoms with Crippen molar-refractivity contribution >= 4 is 40.4 Å². The van der Waals surface area contributed by atoms with Crippen molar-refractivity contribution in [1.82, 2.24) is 19.8 Å². The lowest BCUT2D eigenvalue weighted by Crippen LogP contribution is -2.44. The number of nitrogens with zero attached hydrogens (tertiary/aromatic N) is 3. The highest BCUT2D eigenvalue weighted by molar-refractivity contribution is 6.30. The first-order valence-electron chi connectivity index (χ1n) is 10.9. The number of fused-ring (bicyclic) bond motifs is 2. The highest BCUT2D eigenvalue weighted by Gasteiger charge is 2.56. The summed E-state index contributed by atoms with van der Waals surface area (Å²) >= 11 is 5.78. The molecule has 3 aromatic rings. The first-order chi connectivity index (χ1) is 16.3. The molecule has 2 amide bonds. The molecule has 3 atom stereocenters. The molecule has 176 valence electrons. The van der Waals surface area contributed by atoms with Crippen molar-refractivity contribution < 1.29 is 23.5 Å². The van der Waals surface area contributed by atoms with Crippen LogP contribution in [0, 0.1) is 17.7 Å². The number of rotatable bonds is 6. The molecule has 1 aliphatic heterocycles. The van der Waals surface area contributed by atoms with Crippen LogP contribution in [0.4, 0.5) is 9.18 Å². The first-order valence-corrected chi connectivity index (χ1v) is 11.3. The molecule has 0 radical (unpaired) electrons. The van der Waals surface area contributed by atoms with E-state index in [1.165, 1.54) is 19.1 Å². The third-order valence-electron chi connectivity index (χ3n) is 6.40. The highest BCUT2D eigenvalue weighted by atomic mass is 35.5. The summed E-state index contributed by atoms with van der Waals surface area (Å²) in [6, 6.07) is 8.08. The predicted molar refractivity (Wildman–Crippen MR) is 122 cm³/mol. The van der Waals surface area contributed by atoms with Gasteiger partial charge in [-0.2, -0.15) is 0 Å². The van der Waals surface area contributed by atoms with Gasteiger partial charge in [-0.1, -0.05) is 23.7 Å². The number of alkyl carbamates (subject to hydrolysis) is 1. The summed E-state index contributed by atoms with van der Waals surface area (Å²) in [5.41, 5.74) is 1.28. The number of ketones is 1. The van der Waals surface area contributed by atoms with Gasteiger partial charge in [0.15, 0.2) is 12.0 Å². The van der Waals surface area contributed by atoms with Crippen LogP contribution >= 0.6 is 11.6 Å². The normalized spacial score (nSPS) is 20.8. The number of likely N-dealkylation sites (tertiary alicyclic amines) is 1. The summed E-state index contributed by atoms with van der Waals surface area (Å²) in [6.45, 7) is 1.85. The monoisotopic (exact) mass is 484 g/mol. The number of pyridine rings is 1. The van der Waals surface area contributed by atoms with E-state index in [0.717, 1.165) is 6.42 Å². The third kappa shape index (κ3) is 4.11. The van der Waals surface area contributed by atoms with E-state index in [4.69, 9.17) is 16.3 Å². The zero-order valence-electron chi connectivity index (χ0n) is 18.3. The largest absolute Gasteiger partial charge is 0.425 e. The highest BCUT2D eigenvalue weighted by Crippen LogP contribution is 2.50. The fourth-order valence-corrected chi connectivity index (χ4v) is 4.77. The molecule has 1 saturated heterocycles. The number of Topliss-reactive ketones (excluding diaryl/α,β-unsaturated/α-hetero) is 1. The SMILES string of the molecule is CC(=O)c1cn(CC(=O)N2C[C@H]3C[C@H]3[C@@H]2OC(=O)NCc2cccc(Cl)c2F)c2ncccc12. The van der Waals surface area contributed by atoms with Crippen LogP contribution in [0.3, 0.4) is 0 Å². The molecule has 5 rings (SSSR count). The molecule has 10 heteroatoms. The molecule has 2 aromatic heterocycles. The quantitative estimate of drug-likeness (QED) is 0.538. The number of aromatic nitrogens is 2. The van der Waals surface area contributed by atoms with Crippen molar-refractivity contribution in [2.45, 2.75) is 32.7 Å². The van der Waals surface area contributed by atoms with Crippen LogP contribution in [0.15, 0.2) is 42.7 Å². The number of hydrogen-bond acceptors (Lipinski definition) is 5. The molecular formula is C24H22ClFN4O4. The Morgan fingerprint density at radius 2 is 2.09 bits per heavy atom. The number of nitrogens with one attached hydrogen (secondary N) is 1. The van der Waals surface area contributed by atoms with Crippen molar-refractivity contribution in [3.05, 3.63) is 64.7 Å². The van der Waals surface area contributed by atoms with Gasteiger partial charge in [0.25, 0.3) is 0 Å². The van der Waals surface area contributed by atoms with Crippen molar-refractivity contribution in [3.8, 4) is 0 Å². The van der Waals surface area contributed by atoms with Crippen LogP contribution in [0.1, 0.15) is 29.3 Å². The molecule has 1 N–H and O–H groups in total. The molecule has 8 nitrogen and oxygen atoms in total. The fraction of sp³-hybridized carbons (Fsp3) is 0.333. The number of halogens is 2. The van der Waals surface area contributed by atoms with E-state index >= 15 is 0 Å². The Morgan fingerprint density at radius 1 is 1.26 bits per heavy atom. The smallest absolute Gasteiger partial charge is 0.409 e. The first kappa shape index (κ1) is 22.3. The number of amides is 2. The van der Waals surface area contributed by atoms with E-state index < -0.39 is 18.1 Å². The molecular weight excluding hydrogens is 463 g/mol. The Morgan fingerprint density at radius 3 is 2.88 bits per heavy atom. The number of carbonyl (C=O) groups is 3. The van der Waals surface area contributed by atoms with Crippen molar-refractivity contribution in [2.75, 3.05) is 6.54 Å². The second-order valence-electron chi connectivity index (χ2n) is 8.67. The average molecular weight is 485 g/mol. The summed E-state index contributed by atoms with van der Waals surface area (Å²) in [5, 5.41) is 3.19. The molecule has 3 heterocycles. The molecule has 0 spiro atoms. The summed E-state index contributed by atoms with van der Waals surface area (Å²) in [7, 11) is 0. The number of carbonyl (C=O) groups excluding carboxylic acids is 3. The van der Waals surface area contributed by atoms with Gasteiger partial charge in [-0.05, 0) is 37.5 Å². The van der Waals surface area contributed by atoms with Crippen LogP contribution in [-0.2, 0) is 22.6 Å². The number of benzene rings is 1. The maximum atomic E-state index is 14.1. The number of ether oxygens (including phenoxy) is 1. The lowest BCUT2D eigenvalue weighted by Gasteiger charge is -2.27. The van der Waals surface area contributed by atoms with E-state index in [9.17, 15) is 18.8 Å². The van der Waals surface area contributed by atoms with Crippen molar-refractivity contribution in [1.29, 1.82) is 0 Å². The Hall–Kier alpha value is -3.46. The fourth-order valence-electron chi connectivity index (χ4n) is 4.58. The average Bonchev–Trinajstić information content (AvgIpc) is 3.37. The standard InChI is InChI=1S/C24H22ClFN4O4/c1-13(31)18-11-29(22-16(18)5-3-7-27-22)12-20(32)30-10-15-8-17(15)23(30)34-24(33)28-9-14-4-2-6-19(25)21(14)26/h2-7,11,15,17,23H,8-10,12H2,1H3,(H,28,33)/t15-,17-,23+/m1/s1. The molecule has 0 bridgehead atoms. The molecule has 34 heavy (non-hydrogen) atoms. The molecule has 1 saturated carbocycles.